The van der Waals surface area contributed by atoms with E-state index in [1.54, 1.807) is 37.3 Å². The first-order valence-corrected chi connectivity index (χ1v) is 6.12. The molecule has 0 aliphatic rings. The molecule has 3 nitrogen and oxygen atoms in total. The third-order valence-electron chi connectivity index (χ3n) is 2.25. The van der Waals surface area contributed by atoms with Crippen molar-refractivity contribution < 1.29 is 9.90 Å². The summed E-state index contributed by atoms with van der Waals surface area (Å²) in [7, 11) is 0. The number of halogens is 1. The number of carbonyl (C=O) groups excluding carboxylic acids is 1. The van der Waals surface area contributed by atoms with Gasteiger partial charge >= 0.3 is 0 Å². The Morgan fingerprint density at radius 2 is 2.12 bits per heavy atom. The predicted octanol–water partition coefficient (Wildman–Crippen LogP) is 3.67. The number of aryl methyl sites for hydroxylation is 1. The molecule has 0 bridgehead atoms. The van der Waals surface area contributed by atoms with Crippen LogP contribution < -0.4 is 5.32 Å². The first-order valence-electron chi connectivity index (χ1n) is 4.92. The number of carbonyl (C=O) groups is 1. The van der Waals surface area contributed by atoms with Crippen molar-refractivity contribution in [3.63, 3.8) is 0 Å². The summed E-state index contributed by atoms with van der Waals surface area (Å²) in [4.78, 5) is 12.4. The van der Waals surface area contributed by atoms with Crippen LogP contribution in [0, 0.1) is 6.92 Å². The summed E-state index contributed by atoms with van der Waals surface area (Å²) in [6.45, 7) is 1.77. The molecule has 0 saturated heterocycles. The van der Waals surface area contributed by atoms with Gasteiger partial charge in [-0.2, -0.15) is 0 Å². The van der Waals surface area contributed by atoms with Crippen LogP contribution in [0.2, 0.25) is 4.34 Å². The first-order chi connectivity index (χ1) is 8.06. The molecule has 0 unspecified atom stereocenters. The third kappa shape index (κ3) is 2.78. The Kier molecular flexibility index (Phi) is 3.36. The summed E-state index contributed by atoms with van der Waals surface area (Å²) in [5, 5.41) is 12.1. The molecule has 0 spiro atoms. The summed E-state index contributed by atoms with van der Waals surface area (Å²) in [5.41, 5.74) is 1.36. The molecule has 0 fully saturated rings. The third-order valence-corrected chi connectivity index (χ3v) is 3.48. The van der Waals surface area contributed by atoms with Gasteiger partial charge < -0.3 is 10.4 Å². The van der Waals surface area contributed by atoms with Crippen LogP contribution in [0.4, 0.5) is 5.69 Å². The maximum absolute atomic E-state index is 11.8. The maximum Gasteiger partial charge on any atom is 0.265 e. The first kappa shape index (κ1) is 12.0. The highest BCUT2D eigenvalue weighted by Gasteiger charge is 2.09. The zero-order valence-corrected chi connectivity index (χ0v) is 10.6. The maximum atomic E-state index is 11.8. The minimum atomic E-state index is -0.202. The van der Waals surface area contributed by atoms with E-state index in [1.165, 1.54) is 11.3 Å². The van der Waals surface area contributed by atoms with Crippen LogP contribution in [-0.2, 0) is 0 Å². The molecule has 1 aromatic carbocycles. The quantitative estimate of drug-likeness (QED) is 0.816. The van der Waals surface area contributed by atoms with Gasteiger partial charge in [0.05, 0.1) is 9.21 Å². The van der Waals surface area contributed by atoms with Gasteiger partial charge in [-0.1, -0.05) is 11.6 Å². The summed E-state index contributed by atoms with van der Waals surface area (Å²) < 4.78 is 0.581. The molecule has 88 valence electrons. The molecule has 0 atom stereocenters. The average molecular weight is 268 g/mol. The van der Waals surface area contributed by atoms with Crippen LogP contribution in [0.25, 0.3) is 0 Å². The molecular weight excluding hydrogens is 258 g/mol. The van der Waals surface area contributed by atoms with Crippen molar-refractivity contribution >= 4 is 34.5 Å². The molecule has 2 rings (SSSR count). The summed E-state index contributed by atoms with van der Waals surface area (Å²) in [5.74, 6) is 0.00848. The van der Waals surface area contributed by atoms with Crippen LogP contribution >= 0.6 is 22.9 Å². The second-order valence-electron chi connectivity index (χ2n) is 3.56. The number of phenols is 1. The number of hydrogen-bond donors (Lipinski definition) is 2. The molecular formula is C12H10ClNO2S. The van der Waals surface area contributed by atoms with Gasteiger partial charge in [-0.3, -0.25) is 4.79 Å². The van der Waals surface area contributed by atoms with Gasteiger partial charge in [0.1, 0.15) is 5.75 Å². The monoisotopic (exact) mass is 267 g/mol. The predicted molar refractivity (Wildman–Crippen MR) is 70.1 cm³/mol. The molecule has 1 amide bonds. The minimum Gasteiger partial charge on any atom is -0.508 e. The van der Waals surface area contributed by atoms with E-state index in [9.17, 15) is 9.90 Å². The number of aromatic hydroxyl groups is 1. The van der Waals surface area contributed by atoms with E-state index in [0.717, 1.165) is 0 Å². The van der Waals surface area contributed by atoms with Crippen molar-refractivity contribution in [1.29, 1.82) is 0 Å². The smallest absolute Gasteiger partial charge is 0.265 e. The molecule has 0 aliphatic heterocycles. The lowest BCUT2D eigenvalue weighted by Gasteiger charge is -2.05. The van der Waals surface area contributed by atoms with Crippen molar-refractivity contribution in [2.45, 2.75) is 6.92 Å². The van der Waals surface area contributed by atoms with Crippen molar-refractivity contribution in [3.8, 4) is 5.75 Å². The molecule has 0 saturated carbocycles. The molecule has 2 N–H and O–H groups in total. The minimum absolute atomic E-state index is 0.202. The van der Waals surface area contributed by atoms with E-state index in [-0.39, 0.29) is 11.7 Å². The van der Waals surface area contributed by atoms with Gasteiger partial charge in [0.25, 0.3) is 5.91 Å². The topological polar surface area (TPSA) is 49.3 Å². The van der Waals surface area contributed by atoms with Crippen LogP contribution in [0.1, 0.15) is 15.2 Å². The van der Waals surface area contributed by atoms with E-state index in [2.05, 4.69) is 5.32 Å². The zero-order valence-electron chi connectivity index (χ0n) is 9.03. The van der Waals surface area contributed by atoms with Gasteiger partial charge in [0.15, 0.2) is 0 Å². The van der Waals surface area contributed by atoms with E-state index < -0.39 is 0 Å². The second kappa shape index (κ2) is 4.77. The average Bonchev–Trinajstić information content (AvgIpc) is 2.70. The molecule has 5 heteroatoms. The Morgan fingerprint density at radius 1 is 1.35 bits per heavy atom. The number of phenolic OH excluding ortho intramolecular Hbond substituents is 1. The number of benzene rings is 1. The Labute approximate surface area is 108 Å². The molecule has 1 heterocycles. The van der Waals surface area contributed by atoms with Crippen molar-refractivity contribution in [3.05, 3.63) is 45.1 Å². The van der Waals surface area contributed by atoms with E-state index in [4.69, 9.17) is 11.6 Å². The van der Waals surface area contributed by atoms with Crippen molar-refractivity contribution in [2.75, 3.05) is 5.32 Å². The number of anilines is 1. The number of nitrogens with one attached hydrogen (secondary N) is 1. The van der Waals surface area contributed by atoms with Gasteiger partial charge in [-0.05, 0) is 42.8 Å². The summed E-state index contributed by atoms with van der Waals surface area (Å²) in [6, 6.07) is 8.27. The number of thiophene rings is 1. The largest absolute Gasteiger partial charge is 0.508 e. The highest BCUT2D eigenvalue weighted by atomic mass is 35.5. The molecule has 0 radical (unpaired) electrons. The van der Waals surface area contributed by atoms with Crippen LogP contribution in [0.5, 0.6) is 5.75 Å². The summed E-state index contributed by atoms with van der Waals surface area (Å²) >= 11 is 6.99. The standard InChI is InChI=1S/C12H10ClNO2S/c1-7-6-8(2-3-9(7)15)14-12(16)10-4-5-11(13)17-10/h2-6,15H,1H3,(H,14,16). The van der Waals surface area contributed by atoms with Gasteiger partial charge in [-0.25, -0.2) is 0 Å². The normalized spacial score (nSPS) is 10.2. The van der Waals surface area contributed by atoms with Gasteiger partial charge in [0, 0.05) is 5.69 Å². The molecule has 2 aromatic rings. The molecule has 17 heavy (non-hydrogen) atoms. The Bertz CT molecular complexity index is 565. The summed E-state index contributed by atoms with van der Waals surface area (Å²) in [6.07, 6.45) is 0. The Balaban J connectivity index is 2.15. The number of rotatable bonds is 2. The highest BCUT2D eigenvalue weighted by molar-refractivity contribution is 7.18. The molecule has 1 aromatic heterocycles. The van der Waals surface area contributed by atoms with E-state index in [1.807, 2.05) is 0 Å². The molecule has 0 aliphatic carbocycles. The van der Waals surface area contributed by atoms with Crippen LogP contribution in [0.3, 0.4) is 0 Å². The highest BCUT2D eigenvalue weighted by Crippen LogP contribution is 2.24. The lowest BCUT2D eigenvalue weighted by atomic mass is 10.2. The van der Waals surface area contributed by atoms with E-state index in [0.29, 0.717) is 20.5 Å². The fraction of sp³-hybridized carbons (Fsp3) is 0.0833. The van der Waals surface area contributed by atoms with E-state index >= 15 is 0 Å². The fourth-order valence-corrected chi connectivity index (χ4v) is 2.30. The van der Waals surface area contributed by atoms with Crippen molar-refractivity contribution in [1.82, 2.24) is 0 Å². The van der Waals surface area contributed by atoms with Gasteiger partial charge in [-0.15, -0.1) is 11.3 Å². The van der Waals surface area contributed by atoms with Crippen LogP contribution in [0.15, 0.2) is 30.3 Å². The number of hydrogen-bond acceptors (Lipinski definition) is 3. The lowest BCUT2D eigenvalue weighted by molar-refractivity contribution is 0.103. The van der Waals surface area contributed by atoms with Gasteiger partial charge in [0.2, 0.25) is 0 Å². The lowest BCUT2D eigenvalue weighted by Crippen LogP contribution is -2.09. The zero-order chi connectivity index (χ0) is 12.4. The second-order valence-corrected chi connectivity index (χ2v) is 5.27. The van der Waals surface area contributed by atoms with Crippen molar-refractivity contribution in [2.24, 2.45) is 0 Å². The van der Waals surface area contributed by atoms with Crippen LogP contribution in [-0.4, -0.2) is 11.0 Å². The SMILES string of the molecule is Cc1cc(NC(=O)c2ccc(Cl)s2)ccc1O. The fourth-order valence-electron chi connectivity index (χ4n) is 1.36. The Hall–Kier alpha value is -1.52. The number of amides is 1. The Morgan fingerprint density at radius 3 is 2.71 bits per heavy atom.